The minimum atomic E-state index is -3.06. The molecular formula is C33H46BFN6O7S. The van der Waals surface area contributed by atoms with Gasteiger partial charge < -0.3 is 19.9 Å². The molecule has 13 nitrogen and oxygen atoms in total. The van der Waals surface area contributed by atoms with Crippen molar-refractivity contribution in [1.29, 1.82) is 0 Å². The Morgan fingerprint density at radius 3 is 2.49 bits per heavy atom. The number of amides is 1. The zero-order valence-corrected chi connectivity index (χ0v) is 30.2. The second-order valence-corrected chi connectivity index (χ2v) is 14.6. The number of carbonyl (C=O) groups is 4. The van der Waals surface area contributed by atoms with E-state index in [4.69, 9.17) is 27.8 Å². The molecule has 49 heavy (non-hydrogen) atoms. The lowest BCUT2D eigenvalue weighted by Crippen LogP contribution is -2.59. The minimum Gasteiger partial charge on any atom is -0.455 e. The molecule has 2 N–H and O–H groups in total. The standard InChI is InChI=1S/C33H46BFN6O7S/c1-9-24-32(7)26(41(30(45)48-32)15-11-10-14-40-17-22(38-39-40)23-16-37-29(36)49-23)19(3)25(42)18(2)12-13-33(34,21(5)46-8)20(4)27(43)31(6,35)28(44)47-24/h10-11,16-21,24,26H,9,12-15H2,1-8H3,(H2,36,37)/b11-10+/t18-,19+,20+,21?,24-,26-,31+,32-,33+/m1/s1. The van der Waals surface area contributed by atoms with E-state index >= 15 is 4.39 Å². The van der Waals surface area contributed by atoms with Gasteiger partial charge in [0.05, 0.1) is 37.6 Å². The number of halogens is 1. The van der Waals surface area contributed by atoms with Crippen LogP contribution in [0.5, 0.6) is 0 Å². The molecule has 0 bridgehead atoms. The number of ketones is 2. The van der Waals surface area contributed by atoms with Crippen LogP contribution in [0.1, 0.15) is 67.7 Å². The molecule has 2 aliphatic heterocycles. The van der Waals surface area contributed by atoms with Gasteiger partial charge in [-0.05, 0) is 38.9 Å². The lowest BCUT2D eigenvalue weighted by atomic mass is 9.53. The van der Waals surface area contributed by atoms with Crippen LogP contribution in [-0.2, 0) is 35.1 Å². The number of nitrogen functional groups attached to an aromatic ring is 1. The van der Waals surface area contributed by atoms with Crippen LogP contribution in [0.4, 0.5) is 14.3 Å². The quantitative estimate of drug-likeness (QED) is 0.180. The third kappa shape index (κ3) is 7.30. The summed E-state index contributed by atoms with van der Waals surface area (Å²) in [5, 5.41) is 7.30. The Morgan fingerprint density at radius 2 is 1.88 bits per heavy atom. The molecule has 2 fully saturated rings. The molecule has 0 spiro atoms. The summed E-state index contributed by atoms with van der Waals surface area (Å²) in [6.07, 6.45) is 4.75. The molecule has 2 aromatic heterocycles. The third-order valence-corrected chi connectivity index (χ3v) is 11.2. The summed E-state index contributed by atoms with van der Waals surface area (Å²) in [4.78, 5) is 60.9. The van der Waals surface area contributed by atoms with E-state index in [9.17, 15) is 19.2 Å². The summed E-state index contributed by atoms with van der Waals surface area (Å²) >= 11 is 1.29. The first-order chi connectivity index (χ1) is 22.9. The molecule has 2 radical (unpaired) electrons. The second-order valence-electron chi connectivity index (χ2n) is 13.5. The second kappa shape index (κ2) is 14.7. The van der Waals surface area contributed by atoms with Crippen LogP contribution in [0.2, 0.25) is 5.31 Å². The SMILES string of the molecule is [B][C@@]1(C(C)OC)CC[C@@H](C)C(=O)[C@H](C)[C@H]2N(C/C=C/Cn3cc(-c4cnc(N)s4)nn3)C(=O)O[C@]2(C)[C@@H](CC)OC(=O)[C@@](C)(F)C(=O)[C@@H]1C. The van der Waals surface area contributed by atoms with Crippen LogP contribution in [0.15, 0.2) is 24.5 Å². The van der Waals surface area contributed by atoms with E-state index in [1.165, 1.54) is 30.3 Å². The van der Waals surface area contributed by atoms with Gasteiger partial charge in [0, 0.05) is 37.6 Å². The first-order valence-corrected chi connectivity index (χ1v) is 17.3. The van der Waals surface area contributed by atoms with Crippen molar-refractivity contribution < 1.29 is 37.8 Å². The van der Waals surface area contributed by atoms with E-state index in [2.05, 4.69) is 15.3 Å². The van der Waals surface area contributed by atoms with Crippen molar-refractivity contribution in [3.8, 4) is 10.6 Å². The monoisotopic (exact) mass is 700 g/mol. The number of hydrogen-bond donors (Lipinski definition) is 1. The fraction of sp³-hybridized carbons (Fsp3) is 0.667. The number of thiazole rings is 1. The predicted octanol–water partition coefficient (Wildman–Crippen LogP) is 4.37. The van der Waals surface area contributed by atoms with Crippen LogP contribution >= 0.6 is 11.3 Å². The molecule has 2 aliphatic rings. The van der Waals surface area contributed by atoms with Gasteiger partial charge in [0.1, 0.15) is 17.6 Å². The number of esters is 1. The third-order valence-electron chi connectivity index (χ3n) is 10.4. The Kier molecular flexibility index (Phi) is 11.4. The maximum Gasteiger partial charge on any atom is 0.411 e. The van der Waals surface area contributed by atoms with Gasteiger partial charge in [-0.1, -0.05) is 62.8 Å². The maximum atomic E-state index is 16.3. The lowest BCUT2D eigenvalue weighted by molar-refractivity contribution is -0.180. The maximum absolute atomic E-state index is 16.3. The first kappa shape index (κ1) is 38.2. The summed E-state index contributed by atoms with van der Waals surface area (Å²) in [6, 6.07) is -0.906. The van der Waals surface area contributed by atoms with E-state index in [0.29, 0.717) is 17.4 Å². The Bertz CT molecular complexity index is 1580. The van der Waals surface area contributed by atoms with Gasteiger partial charge in [0.15, 0.2) is 16.5 Å². The fourth-order valence-electron chi connectivity index (χ4n) is 7.02. The smallest absolute Gasteiger partial charge is 0.411 e. The van der Waals surface area contributed by atoms with Crippen molar-refractivity contribution in [3.05, 3.63) is 24.5 Å². The molecule has 0 aliphatic carbocycles. The molecule has 0 aromatic carbocycles. The van der Waals surface area contributed by atoms with E-state index in [1.54, 1.807) is 63.8 Å². The number of cyclic esters (lactones) is 1. The molecule has 2 aromatic rings. The zero-order chi connectivity index (χ0) is 36.5. The van der Waals surface area contributed by atoms with Crippen LogP contribution in [0.25, 0.3) is 10.6 Å². The Labute approximate surface area is 291 Å². The number of nitrogens with zero attached hydrogens (tertiary/aromatic N) is 5. The number of aromatic nitrogens is 4. The number of methoxy groups -OCH3 is 1. The van der Waals surface area contributed by atoms with Crippen molar-refractivity contribution in [2.24, 2.45) is 17.8 Å². The zero-order valence-electron chi connectivity index (χ0n) is 29.3. The molecule has 2 saturated heterocycles. The molecule has 4 rings (SSSR count). The summed E-state index contributed by atoms with van der Waals surface area (Å²) in [5.41, 5.74) is 1.72. The molecule has 0 saturated carbocycles. The van der Waals surface area contributed by atoms with Gasteiger partial charge in [-0.15, -0.1) is 5.10 Å². The lowest BCUT2D eigenvalue weighted by Gasteiger charge is -2.44. The first-order valence-electron chi connectivity index (χ1n) is 16.5. The van der Waals surface area contributed by atoms with Crippen molar-refractivity contribution in [2.45, 2.75) is 109 Å². The van der Waals surface area contributed by atoms with Crippen molar-refractivity contribution >= 4 is 47.9 Å². The molecule has 9 atom stereocenters. The molecule has 16 heteroatoms. The average molecular weight is 701 g/mol. The Morgan fingerprint density at radius 1 is 1.20 bits per heavy atom. The van der Waals surface area contributed by atoms with Crippen LogP contribution in [0, 0.1) is 17.8 Å². The number of carbonyl (C=O) groups excluding carboxylic acids is 4. The van der Waals surface area contributed by atoms with E-state index < -0.39 is 70.4 Å². The van der Waals surface area contributed by atoms with Gasteiger partial charge in [0.2, 0.25) is 0 Å². The predicted molar refractivity (Wildman–Crippen MR) is 181 cm³/mol. The highest BCUT2D eigenvalue weighted by atomic mass is 32.1. The minimum absolute atomic E-state index is 0.0521. The van der Waals surface area contributed by atoms with Gasteiger partial charge >= 0.3 is 12.1 Å². The fourth-order valence-corrected chi connectivity index (χ4v) is 7.65. The normalized spacial score (nSPS) is 34.1. The van der Waals surface area contributed by atoms with Gasteiger partial charge in [-0.2, -0.15) is 0 Å². The van der Waals surface area contributed by atoms with Crippen molar-refractivity contribution in [3.63, 3.8) is 0 Å². The molecule has 1 unspecified atom stereocenters. The summed E-state index contributed by atoms with van der Waals surface area (Å²) in [6.45, 7) is 11.1. The number of ether oxygens (including phenoxy) is 3. The highest BCUT2D eigenvalue weighted by molar-refractivity contribution is 7.18. The Balaban J connectivity index is 1.66. The highest BCUT2D eigenvalue weighted by Crippen LogP contribution is 2.47. The molecular weight excluding hydrogens is 654 g/mol. The number of hydrogen-bond acceptors (Lipinski definition) is 12. The van der Waals surface area contributed by atoms with E-state index in [1.807, 2.05) is 0 Å². The number of Topliss-reactive ketones (excluding diaryl/α,β-unsaturated/α-hetero) is 2. The summed E-state index contributed by atoms with van der Waals surface area (Å²) in [7, 11) is 8.20. The van der Waals surface area contributed by atoms with Crippen LogP contribution in [-0.4, -0.2) is 99.5 Å². The molecule has 4 heterocycles. The van der Waals surface area contributed by atoms with Crippen LogP contribution in [0.3, 0.4) is 0 Å². The summed E-state index contributed by atoms with van der Waals surface area (Å²) < 4.78 is 35.0. The van der Waals surface area contributed by atoms with Crippen molar-refractivity contribution in [1.82, 2.24) is 24.9 Å². The van der Waals surface area contributed by atoms with Gasteiger partial charge in [-0.25, -0.2) is 23.6 Å². The Hall–Kier alpha value is -3.66. The number of alkyl halides is 1. The number of rotatable bonds is 8. The van der Waals surface area contributed by atoms with Gasteiger partial charge in [0.25, 0.3) is 5.67 Å². The van der Waals surface area contributed by atoms with Gasteiger partial charge in [-0.3, -0.25) is 14.5 Å². The summed E-state index contributed by atoms with van der Waals surface area (Å²) in [5.74, 6) is -5.16. The molecule has 266 valence electrons. The number of anilines is 1. The highest BCUT2D eigenvalue weighted by Gasteiger charge is 2.61. The largest absolute Gasteiger partial charge is 0.455 e. The number of nitrogens with two attached hydrogens (primary N) is 1. The number of fused-ring (bicyclic) bond motifs is 1. The molecule has 1 amide bonds. The average Bonchev–Trinajstić information content (AvgIpc) is 3.79. The van der Waals surface area contributed by atoms with Crippen molar-refractivity contribution in [2.75, 3.05) is 19.4 Å². The van der Waals surface area contributed by atoms with Crippen LogP contribution < -0.4 is 5.73 Å². The van der Waals surface area contributed by atoms with E-state index in [0.717, 1.165) is 11.8 Å². The van der Waals surface area contributed by atoms with E-state index in [-0.39, 0.29) is 31.6 Å². The topological polar surface area (TPSA) is 169 Å². The number of allylic oxidation sites excluding steroid dienone is 1.